The van der Waals surface area contributed by atoms with E-state index in [1.807, 2.05) is 0 Å². The van der Waals surface area contributed by atoms with Gasteiger partial charge in [0.1, 0.15) is 0 Å². The zero-order valence-electron chi connectivity index (χ0n) is 10.5. The minimum Gasteiger partial charge on any atom is -0.328 e. The number of likely N-dealkylation sites (tertiary alicyclic amines) is 1. The van der Waals surface area contributed by atoms with Crippen LogP contribution in [0.15, 0.2) is 0 Å². The quantitative estimate of drug-likeness (QED) is 0.734. The number of hydrogen-bond acceptors (Lipinski definition) is 3. The topological polar surface area (TPSA) is 63.4 Å². The average molecular weight is 238 g/mol. The van der Waals surface area contributed by atoms with Gasteiger partial charge in [-0.3, -0.25) is 14.5 Å². The van der Waals surface area contributed by atoms with Crippen molar-refractivity contribution in [1.82, 2.24) is 4.90 Å². The van der Waals surface area contributed by atoms with Crippen molar-refractivity contribution in [2.75, 3.05) is 6.54 Å². The van der Waals surface area contributed by atoms with Crippen LogP contribution in [0.2, 0.25) is 0 Å². The smallest absolute Gasteiger partial charge is 0.233 e. The van der Waals surface area contributed by atoms with E-state index in [-0.39, 0.29) is 29.7 Å². The highest BCUT2D eigenvalue weighted by Gasteiger charge is 2.49. The van der Waals surface area contributed by atoms with Crippen molar-refractivity contribution >= 4 is 11.8 Å². The van der Waals surface area contributed by atoms with Crippen LogP contribution in [0.25, 0.3) is 0 Å². The van der Waals surface area contributed by atoms with Crippen LogP contribution in [0.3, 0.4) is 0 Å². The molecule has 2 N–H and O–H groups in total. The molecule has 0 bridgehead atoms. The molecule has 1 saturated carbocycles. The van der Waals surface area contributed by atoms with Gasteiger partial charge >= 0.3 is 0 Å². The Balaban J connectivity index is 1.85. The Morgan fingerprint density at radius 2 is 1.88 bits per heavy atom. The molecule has 96 valence electrons. The fourth-order valence-corrected chi connectivity index (χ4v) is 3.00. The van der Waals surface area contributed by atoms with Crippen LogP contribution >= 0.6 is 0 Å². The average Bonchev–Trinajstić information content (AvgIpc) is 2.88. The van der Waals surface area contributed by atoms with E-state index in [0.717, 1.165) is 38.5 Å². The van der Waals surface area contributed by atoms with Crippen molar-refractivity contribution in [2.45, 2.75) is 51.5 Å². The first-order valence-corrected chi connectivity index (χ1v) is 6.76. The van der Waals surface area contributed by atoms with Crippen LogP contribution in [0.4, 0.5) is 0 Å². The predicted octanol–water partition coefficient (Wildman–Crippen LogP) is 1.29. The van der Waals surface area contributed by atoms with Crippen molar-refractivity contribution < 1.29 is 9.59 Å². The molecule has 0 radical (unpaired) electrons. The fraction of sp³-hybridized carbons (Fsp3) is 0.846. The number of carbonyl (C=O) groups is 2. The summed E-state index contributed by atoms with van der Waals surface area (Å²) in [5.41, 5.74) is 5.83. The second-order valence-corrected chi connectivity index (χ2v) is 5.28. The van der Waals surface area contributed by atoms with Crippen LogP contribution < -0.4 is 5.73 Å². The molecule has 1 heterocycles. The maximum absolute atomic E-state index is 12.0. The van der Waals surface area contributed by atoms with E-state index in [0.29, 0.717) is 6.54 Å². The SMILES string of the molecule is CCC(N)CCCN1C(=O)C2CCCC2C1=O. The van der Waals surface area contributed by atoms with Gasteiger partial charge in [-0.2, -0.15) is 0 Å². The van der Waals surface area contributed by atoms with Crippen LogP contribution in [-0.4, -0.2) is 29.3 Å². The number of fused-ring (bicyclic) bond motifs is 1. The van der Waals surface area contributed by atoms with Gasteiger partial charge in [0.25, 0.3) is 0 Å². The van der Waals surface area contributed by atoms with Crippen LogP contribution in [0.1, 0.15) is 45.4 Å². The number of hydrogen-bond donors (Lipinski definition) is 1. The van der Waals surface area contributed by atoms with E-state index >= 15 is 0 Å². The predicted molar refractivity (Wildman–Crippen MR) is 65.1 cm³/mol. The summed E-state index contributed by atoms with van der Waals surface area (Å²) in [4.78, 5) is 25.5. The molecule has 1 aliphatic carbocycles. The Morgan fingerprint density at radius 1 is 1.29 bits per heavy atom. The number of carbonyl (C=O) groups excluding carboxylic acids is 2. The Labute approximate surface area is 103 Å². The minimum atomic E-state index is 0.00217. The summed E-state index contributed by atoms with van der Waals surface area (Å²) < 4.78 is 0. The zero-order valence-corrected chi connectivity index (χ0v) is 10.5. The van der Waals surface area contributed by atoms with E-state index in [9.17, 15) is 9.59 Å². The van der Waals surface area contributed by atoms with Crippen LogP contribution in [0, 0.1) is 11.8 Å². The maximum atomic E-state index is 12.0. The first-order valence-electron chi connectivity index (χ1n) is 6.76. The van der Waals surface area contributed by atoms with Crippen molar-refractivity contribution in [3.63, 3.8) is 0 Å². The van der Waals surface area contributed by atoms with E-state index in [1.54, 1.807) is 0 Å². The molecule has 0 aromatic rings. The monoisotopic (exact) mass is 238 g/mol. The summed E-state index contributed by atoms with van der Waals surface area (Å²) in [5, 5.41) is 0. The van der Waals surface area contributed by atoms with Gasteiger partial charge in [0.2, 0.25) is 11.8 Å². The second-order valence-electron chi connectivity index (χ2n) is 5.28. The molecule has 0 spiro atoms. The maximum Gasteiger partial charge on any atom is 0.233 e. The molecule has 3 atom stereocenters. The van der Waals surface area contributed by atoms with Gasteiger partial charge in [0.15, 0.2) is 0 Å². The number of nitrogens with two attached hydrogens (primary N) is 1. The Bertz CT molecular complexity index is 295. The molecule has 4 heteroatoms. The molecule has 2 aliphatic rings. The highest BCUT2D eigenvalue weighted by molar-refractivity contribution is 6.05. The molecule has 4 nitrogen and oxygen atoms in total. The number of nitrogens with zero attached hydrogens (tertiary/aromatic N) is 1. The summed E-state index contributed by atoms with van der Waals surface area (Å²) in [6, 6.07) is 0.197. The van der Waals surface area contributed by atoms with E-state index < -0.39 is 0 Å². The van der Waals surface area contributed by atoms with Crippen LogP contribution in [-0.2, 0) is 9.59 Å². The highest BCUT2D eigenvalue weighted by Crippen LogP contribution is 2.39. The second kappa shape index (κ2) is 5.17. The van der Waals surface area contributed by atoms with Gasteiger partial charge in [-0.1, -0.05) is 13.3 Å². The molecule has 0 aromatic carbocycles. The summed E-state index contributed by atoms with van der Waals surface area (Å²) in [7, 11) is 0. The summed E-state index contributed by atoms with van der Waals surface area (Å²) >= 11 is 0. The third-order valence-corrected chi connectivity index (χ3v) is 4.16. The van der Waals surface area contributed by atoms with Crippen molar-refractivity contribution in [2.24, 2.45) is 17.6 Å². The minimum absolute atomic E-state index is 0.00217. The van der Waals surface area contributed by atoms with E-state index in [4.69, 9.17) is 5.73 Å². The summed E-state index contributed by atoms with van der Waals surface area (Å²) in [6.07, 6.45) is 5.52. The van der Waals surface area contributed by atoms with Crippen molar-refractivity contribution in [3.8, 4) is 0 Å². The molecule has 1 aliphatic heterocycles. The normalized spacial score (nSPS) is 29.9. The number of rotatable bonds is 5. The van der Waals surface area contributed by atoms with Gasteiger partial charge in [0, 0.05) is 12.6 Å². The van der Waals surface area contributed by atoms with Crippen molar-refractivity contribution in [3.05, 3.63) is 0 Å². The standard InChI is InChI=1S/C13H22N2O2/c1-2-9(14)5-4-8-15-12(16)10-6-3-7-11(10)13(15)17/h9-11H,2-8,14H2,1H3. The fourth-order valence-electron chi connectivity index (χ4n) is 3.00. The molecule has 0 aromatic heterocycles. The first kappa shape index (κ1) is 12.6. The summed E-state index contributed by atoms with van der Waals surface area (Å²) in [6.45, 7) is 2.62. The Kier molecular flexibility index (Phi) is 3.82. The number of imide groups is 1. The molecule has 3 unspecified atom stereocenters. The number of amides is 2. The lowest BCUT2D eigenvalue weighted by Gasteiger charge is -2.16. The highest BCUT2D eigenvalue weighted by atomic mass is 16.2. The van der Waals surface area contributed by atoms with Gasteiger partial charge < -0.3 is 5.73 Å². The lowest BCUT2D eigenvalue weighted by atomic mass is 10.00. The Hall–Kier alpha value is -0.900. The van der Waals surface area contributed by atoms with E-state index in [1.165, 1.54) is 4.90 Å². The van der Waals surface area contributed by atoms with Gasteiger partial charge in [-0.25, -0.2) is 0 Å². The molecule has 17 heavy (non-hydrogen) atoms. The lowest BCUT2D eigenvalue weighted by Crippen LogP contribution is -2.33. The molecular formula is C13H22N2O2. The van der Waals surface area contributed by atoms with Crippen molar-refractivity contribution in [1.29, 1.82) is 0 Å². The molecule has 2 fully saturated rings. The van der Waals surface area contributed by atoms with Crippen LogP contribution in [0.5, 0.6) is 0 Å². The third-order valence-electron chi connectivity index (χ3n) is 4.16. The molecule has 2 amide bonds. The largest absolute Gasteiger partial charge is 0.328 e. The summed E-state index contributed by atoms with van der Waals surface area (Å²) in [5.74, 6) is 0.148. The first-order chi connectivity index (χ1) is 8.15. The molecule has 2 rings (SSSR count). The van der Waals surface area contributed by atoms with Gasteiger partial charge in [-0.05, 0) is 32.1 Å². The Morgan fingerprint density at radius 3 is 2.41 bits per heavy atom. The lowest BCUT2D eigenvalue weighted by molar-refractivity contribution is -0.140. The van der Waals surface area contributed by atoms with Gasteiger partial charge in [0.05, 0.1) is 11.8 Å². The third kappa shape index (κ3) is 2.37. The molecule has 1 saturated heterocycles. The zero-order chi connectivity index (χ0) is 12.4. The molecular weight excluding hydrogens is 216 g/mol. The van der Waals surface area contributed by atoms with E-state index in [2.05, 4.69) is 6.92 Å². The van der Waals surface area contributed by atoms with Gasteiger partial charge in [-0.15, -0.1) is 0 Å².